The van der Waals surface area contributed by atoms with Gasteiger partial charge in [0.15, 0.2) is 0 Å². The summed E-state index contributed by atoms with van der Waals surface area (Å²) in [5.74, 6) is -1.14. The van der Waals surface area contributed by atoms with Crippen molar-refractivity contribution in [3.63, 3.8) is 0 Å². The van der Waals surface area contributed by atoms with E-state index in [9.17, 15) is 35.2 Å². The van der Waals surface area contributed by atoms with Gasteiger partial charge in [-0.1, -0.05) is 19.9 Å². The number of rotatable bonds is 5. The number of amidine groups is 1. The summed E-state index contributed by atoms with van der Waals surface area (Å²) in [6.45, 7) is 3.64. The third kappa shape index (κ3) is 4.22. The molecule has 1 unspecified atom stereocenters. The van der Waals surface area contributed by atoms with Crippen molar-refractivity contribution in [3.05, 3.63) is 106 Å². The highest BCUT2D eigenvalue weighted by atomic mass is 79.9. The van der Waals surface area contributed by atoms with Gasteiger partial charge < -0.3 is 10.2 Å². The highest BCUT2D eigenvalue weighted by Gasteiger charge is 2.45. The van der Waals surface area contributed by atoms with Crippen LogP contribution in [0.4, 0.5) is 22.7 Å². The van der Waals surface area contributed by atoms with E-state index in [4.69, 9.17) is 0 Å². The average Bonchev–Trinajstić information content (AvgIpc) is 3.17. The first-order chi connectivity index (χ1) is 18.3. The van der Waals surface area contributed by atoms with E-state index < -0.39 is 27.3 Å². The number of nitrogens with zero attached hydrogens (tertiary/aromatic N) is 4. The molecule has 0 spiro atoms. The lowest BCUT2D eigenvalue weighted by Gasteiger charge is -2.36. The Morgan fingerprint density at radius 2 is 1.59 bits per heavy atom. The highest BCUT2D eigenvalue weighted by Crippen LogP contribution is 2.50. The minimum Gasteiger partial charge on any atom is -0.478 e. The van der Waals surface area contributed by atoms with Crippen LogP contribution >= 0.6 is 31.9 Å². The highest BCUT2D eigenvalue weighted by molar-refractivity contribution is 9.11. The second-order valence-electron chi connectivity index (χ2n) is 9.49. The molecule has 3 aromatic rings. The second kappa shape index (κ2) is 9.36. The third-order valence-electron chi connectivity index (χ3n) is 6.86. The normalized spacial score (nSPS) is 18.1. The number of nitro benzene ring substituents is 2. The van der Waals surface area contributed by atoms with Gasteiger partial charge >= 0.3 is 5.97 Å². The van der Waals surface area contributed by atoms with Crippen molar-refractivity contribution < 1.29 is 24.9 Å². The fourth-order valence-electron chi connectivity index (χ4n) is 4.81. The van der Waals surface area contributed by atoms with Gasteiger partial charge in [0.2, 0.25) is 0 Å². The molecule has 1 aliphatic carbocycles. The maximum atomic E-state index is 12.4. The maximum Gasteiger partial charge on any atom is 0.336 e. The molecular formula is C26H18Br2N4O7. The number of benzene rings is 3. The maximum absolute atomic E-state index is 12.4. The number of carboxylic acids is 1. The number of aliphatic hydroxyl groups excluding tert-OH is 1. The Kier molecular flexibility index (Phi) is 6.40. The minimum absolute atomic E-state index is 0.0775. The molecule has 13 heteroatoms. The van der Waals surface area contributed by atoms with Crippen LogP contribution in [0.2, 0.25) is 0 Å². The summed E-state index contributed by atoms with van der Waals surface area (Å²) in [4.78, 5) is 40.8. The molecule has 0 amide bonds. The minimum atomic E-state index is -1.23. The molecular weight excluding hydrogens is 640 g/mol. The van der Waals surface area contributed by atoms with Gasteiger partial charge in [-0.05, 0) is 73.8 Å². The number of hydrogen-bond donors (Lipinski definition) is 2. The van der Waals surface area contributed by atoms with Crippen LogP contribution in [0, 0.1) is 20.2 Å². The molecule has 1 atom stereocenters. The fraction of sp³-hybridized carbons (Fsp3) is 0.154. The number of hydrogen-bond acceptors (Lipinski definition) is 7. The zero-order valence-electron chi connectivity index (χ0n) is 20.3. The molecule has 3 aromatic carbocycles. The molecule has 5 rings (SSSR count). The first-order valence-electron chi connectivity index (χ1n) is 11.4. The summed E-state index contributed by atoms with van der Waals surface area (Å²) >= 11 is 6.34. The third-order valence-corrected chi connectivity index (χ3v) is 8.20. The van der Waals surface area contributed by atoms with Crippen LogP contribution in [0.15, 0.2) is 68.5 Å². The lowest BCUT2D eigenvalue weighted by Crippen LogP contribution is -2.37. The zero-order chi connectivity index (χ0) is 28.4. The van der Waals surface area contributed by atoms with Crippen molar-refractivity contribution in [2.45, 2.75) is 25.4 Å². The number of aliphatic imine (C=N–C) groups is 1. The van der Waals surface area contributed by atoms with Crippen LogP contribution in [0.25, 0.3) is 5.70 Å². The van der Waals surface area contributed by atoms with Gasteiger partial charge in [0.05, 0.1) is 47.5 Å². The topological polar surface area (TPSA) is 159 Å². The average molecular weight is 658 g/mol. The van der Waals surface area contributed by atoms with Gasteiger partial charge in [0.1, 0.15) is 5.84 Å². The Balaban J connectivity index is 1.89. The van der Waals surface area contributed by atoms with Crippen LogP contribution in [0.3, 0.4) is 0 Å². The van der Waals surface area contributed by atoms with E-state index in [1.54, 1.807) is 18.2 Å². The van der Waals surface area contributed by atoms with E-state index in [1.807, 2.05) is 13.8 Å². The van der Waals surface area contributed by atoms with E-state index in [-0.39, 0.29) is 48.7 Å². The van der Waals surface area contributed by atoms with Gasteiger partial charge in [-0.15, -0.1) is 0 Å². The predicted octanol–water partition coefficient (Wildman–Crippen LogP) is 6.32. The monoisotopic (exact) mass is 656 g/mol. The first kappa shape index (κ1) is 26.7. The number of aromatic carboxylic acids is 1. The van der Waals surface area contributed by atoms with Crippen molar-refractivity contribution >= 4 is 72.1 Å². The Bertz CT molecular complexity index is 1680. The molecule has 11 nitrogen and oxygen atoms in total. The smallest absolute Gasteiger partial charge is 0.336 e. The van der Waals surface area contributed by atoms with Crippen LogP contribution in [0.1, 0.15) is 40.9 Å². The van der Waals surface area contributed by atoms with Gasteiger partial charge in [0, 0.05) is 28.7 Å². The quantitative estimate of drug-likeness (QED) is 0.238. The number of nitro groups is 2. The molecule has 39 heavy (non-hydrogen) atoms. The van der Waals surface area contributed by atoms with Crippen molar-refractivity contribution in [1.82, 2.24) is 0 Å². The molecule has 0 fully saturated rings. The first-order valence-corrected chi connectivity index (χ1v) is 13.0. The molecule has 1 aliphatic heterocycles. The number of aliphatic hydroxyl groups is 1. The molecule has 0 radical (unpaired) electrons. The molecule has 2 N–H and O–H groups in total. The van der Waals surface area contributed by atoms with Gasteiger partial charge in [-0.3, -0.25) is 25.1 Å². The zero-order valence-corrected chi connectivity index (χ0v) is 23.4. The second-order valence-corrected chi connectivity index (χ2v) is 11.2. The van der Waals surface area contributed by atoms with E-state index in [0.717, 1.165) is 0 Å². The number of anilines is 1. The summed E-state index contributed by atoms with van der Waals surface area (Å²) in [6.07, 6.45) is 0.585. The Morgan fingerprint density at radius 3 is 2.21 bits per heavy atom. The fourth-order valence-corrected chi connectivity index (χ4v) is 5.59. The van der Waals surface area contributed by atoms with Crippen molar-refractivity contribution in [2.75, 3.05) is 4.90 Å². The van der Waals surface area contributed by atoms with Crippen LogP contribution < -0.4 is 4.90 Å². The summed E-state index contributed by atoms with van der Waals surface area (Å²) in [5, 5.41) is 44.5. The number of carbonyl (C=O) groups is 1. The summed E-state index contributed by atoms with van der Waals surface area (Å²) in [6, 6.07) is 11.7. The van der Waals surface area contributed by atoms with Crippen LogP contribution in [0.5, 0.6) is 0 Å². The van der Waals surface area contributed by atoms with Crippen molar-refractivity contribution in [1.29, 1.82) is 0 Å². The van der Waals surface area contributed by atoms with E-state index in [2.05, 4.69) is 36.9 Å². The molecule has 0 saturated heterocycles. The molecule has 0 saturated carbocycles. The van der Waals surface area contributed by atoms with Gasteiger partial charge in [-0.25, -0.2) is 9.79 Å². The molecule has 198 valence electrons. The summed E-state index contributed by atoms with van der Waals surface area (Å²) in [5.41, 5.74) is 0.899. The van der Waals surface area contributed by atoms with E-state index >= 15 is 0 Å². The Hall–Kier alpha value is -3.94. The van der Waals surface area contributed by atoms with Crippen LogP contribution in [-0.2, 0) is 5.41 Å². The largest absolute Gasteiger partial charge is 0.478 e. The van der Waals surface area contributed by atoms with E-state index in [0.29, 0.717) is 16.8 Å². The summed E-state index contributed by atoms with van der Waals surface area (Å²) < 4.78 is 0.473. The van der Waals surface area contributed by atoms with Crippen LogP contribution in [-0.4, -0.2) is 38.0 Å². The summed E-state index contributed by atoms with van der Waals surface area (Å²) in [7, 11) is 0. The molecule has 2 aliphatic rings. The molecule has 0 aromatic heterocycles. The number of halogens is 2. The lowest BCUT2D eigenvalue weighted by atomic mass is 9.72. The molecule has 0 bridgehead atoms. The Labute approximate surface area is 237 Å². The Morgan fingerprint density at radius 1 is 0.974 bits per heavy atom. The number of carboxylic acid groups (broad SMARTS) is 1. The van der Waals surface area contributed by atoms with Gasteiger partial charge in [0.25, 0.3) is 11.4 Å². The predicted molar refractivity (Wildman–Crippen MR) is 151 cm³/mol. The SMILES string of the molecule is CC1(C)c2ccc(C(=O)O)c3c2C(=CC1O)N(c1ccc(Br)c([N+](=O)[O-])c1)C3=Nc1ccc(Br)c([N+](=O)[O-])c1. The standard InChI is InChI=1S/C26H18Br2N4O7/c1-26(2)15-6-5-14(25(34)35)22-23(15)20(11-21(26)33)30(13-4-8-17(28)19(10-13)32(38)39)24(22)29-12-3-7-16(27)18(9-12)31(36)37/h3-11,21,33H,1-2H3,(H,34,35). The van der Waals surface area contributed by atoms with E-state index in [1.165, 1.54) is 41.3 Å². The van der Waals surface area contributed by atoms with Gasteiger partial charge in [-0.2, -0.15) is 0 Å². The molecule has 1 heterocycles. The van der Waals surface area contributed by atoms with Crippen molar-refractivity contribution in [2.24, 2.45) is 4.99 Å². The van der Waals surface area contributed by atoms with Crippen molar-refractivity contribution in [3.8, 4) is 0 Å². The lowest BCUT2D eigenvalue weighted by molar-refractivity contribution is -0.385.